The number of hydrogen-bond donors (Lipinski definition) is 2. The monoisotopic (exact) mass is 286 g/mol. The summed E-state index contributed by atoms with van der Waals surface area (Å²) in [6, 6.07) is 14.9. The Morgan fingerprint density at radius 3 is 2.52 bits per heavy atom. The fourth-order valence-electron chi connectivity index (χ4n) is 1.98. The highest BCUT2D eigenvalue weighted by Crippen LogP contribution is 2.29. The summed E-state index contributed by atoms with van der Waals surface area (Å²) in [5.74, 6) is 1.13. The quantitative estimate of drug-likeness (QED) is 0.383. The molecule has 0 aliphatic rings. The zero-order valence-corrected chi connectivity index (χ0v) is 12.0. The lowest BCUT2D eigenvalue weighted by atomic mass is 10.1. The van der Waals surface area contributed by atoms with E-state index < -0.39 is 0 Å². The molecule has 110 valence electrons. The van der Waals surface area contributed by atoms with Crippen molar-refractivity contribution in [2.45, 2.75) is 13.0 Å². The van der Waals surface area contributed by atoms with Gasteiger partial charge in [-0.25, -0.2) is 0 Å². The van der Waals surface area contributed by atoms with Gasteiger partial charge in [0.05, 0.1) is 12.7 Å². The van der Waals surface area contributed by atoms with Gasteiger partial charge >= 0.3 is 0 Å². The Labute approximate surface area is 123 Å². The Hall–Kier alpha value is -2.69. The molecule has 0 amide bonds. The normalized spacial score (nSPS) is 12.8. The van der Waals surface area contributed by atoms with Crippen molar-refractivity contribution in [1.29, 1.82) is 0 Å². The molecule has 5 heteroatoms. The van der Waals surface area contributed by atoms with Crippen LogP contribution in [0.25, 0.3) is 0 Å². The first kappa shape index (κ1) is 14.7. The summed E-state index contributed by atoms with van der Waals surface area (Å²) in [6.07, 6.45) is -0.177. The molecule has 2 aromatic rings. The van der Waals surface area contributed by atoms with Crippen LogP contribution in [-0.2, 0) is 0 Å². The van der Waals surface area contributed by atoms with E-state index in [4.69, 9.17) is 20.4 Å². The van der Waals surface area contributed by atoms with Gasteiger partial charge in [0.1, 0.15) is 17.6 Å². The van der Waals surface area contributed by atoms with Gasteiger partial charge in [0, 0.05) is 6.07 Å². The Morgan fingerprint density at radius 2 is 1.90 bits per heavy atom. The van der Waals surface area contributed by atoms with Crippen molar-refractivity contribution in [2.24, 2.45) is 10.9 Å². The van der Waals surface area contributed by atoms with Gasteiger partial charge in [0.2, 0.25) is 0 Å². The standard InChI is InChI=1S/C16H18N2O3/c1-11(12-6-4-3-5-7-12)21-15-10-13(20-2)8-9-14(15)16(17)18-19/h3-11,19H,1-2H3,(H2,17,18). The molecule has 3 N–H and O–H groups in total. The van der Waals surface area contributed by atoms with E-state index in [0.29, 0.717) is 17.1 Å². The van der Waals surface area contributed by atoms with Crippen LogP contribution in [0.3, 0.4) is 0 Å². The average Bonchev–Trinajstić information content (AvgIpc) is 2.54. The molecule has 0 spiro atoms. The molecule has 21 heavy (non-hydrogen) atoms. The van der Waals surface area contributed by atoms with Gasteiger partial charge in [0.25, 0.3) is 0 Å². The van der Waals surface area contributed by atoms with Gasteiger partial charge < -0.3 is 20.4 Å². The minimum Gasteiger partial charge on any atom is -0.497 e. The zero-order valence-electron chi connectivity index (χ0n) is 12.0. The number of hydrogen-bond acceptors (Lipinski definition) is 4. The van der Waals surface area contributed by atoms with E-state index in [9.17, 15) is 0 Å². The molecular weight excluding hydrogens is 268 g/mol. The summed E-state index contributed by atoms with van der Waals surface area (Å²) in [7, 11) is 1.57. The Morgan fingerprint density at radius 1 is 1.19 bits per heavy atom. The highest BCUT2D eigenvalue weighted by Gasteiger charge is 2.14. The van der Waals surface area contributed by atoms with Crippen LogP contribution in [0, 0.1) is 0 Å². The molecule has 1 unspecified atom stereocenters. The van der Waals surface area contributed by atoms with E-state index in [-0.39, 0.29) is 11.9 Å². The Kier molecular flexibility index (Phi) is 4.66. The summed E-state index contributed by atoms with van der Waals surface area (Å²) < 4.78 is 11.1. The maximum Gasteiger partial charge on any atom is 0.173 e. The molecule has 0 fully saturated rings. The number of methoxy groups -OCH3 is 1. The summed E-state index contributed by atoms with van der Waals surface area (Å²) in [4.78, 5) is 0. The second-order valence-corrected chi connectivity index (χ2v) is 4.52. The number of ether oxygens (including phenoxy) is 2. The third kappa shape index (κ3) is 3.45. The predicted octanol–water partition coefficient (Wildman–Crippen LogP) is 2.93. The van der Waals surface area contributed by atoms with E-state index in [1.165, 1.54) is 0 Å². The van der Waals surface area contributed by atoms with Crippen molar-refractivity contribution < 1.29 is 14.7 Å². The average molecular weight is 286 g/mol. The van der Waals surface area contributed by atoms with Crippen LogP contribution >= 0.6 is 0 Å². The molecule has 0 aromatic heterocycles. The summed E-state index contributed by atoms with van der Waals surface area (Å²) in [5.41, 5.74) is 7.23. The molecule has 0 saturated carbocycles. The molecule has 0 aliphatic carbocycles. The van der Waals surface area contributed by atoms with Crippen LogP contribution in [0.1, 0.15) is 24.2 Å². The van der Waals surface area contributed by atoms with Crippen molar-refractivity contribution in [2.75, 3.05) is 7.11 Å². The maximum absolute atomic E-state index is 8.87. The fraction of sp³-hybridized carbons (Fsp3) is 0.188. The van der Waals surface area contributed by atoms with Crippen molar-refractivity contribution in [1.82, 2.24) is 0 Å². The first-order valence-electron chi connectivity index (χ1n) is 6.53. The SMILES string of the molecule is COc1ccc(/C(N)=N/O)c(OC(C)c2ccccc2)c1. The number of rotatable bonds is 5. The van der Waals surface area contributed by atoms with Crippen molar-refractivity contribution in [3.05, 3.63) is 59.7 Å². The molecule has 0 bridgehead atoms. The fourth-order valence-corrected chi connectivity index (χ4v) is 1.98. The number of nitrogens with zero attached hydrogens (tertiary/aromatic N) is 1. The first-order valence-corrected chi connectivity index (χ1v) is 6.53. The van der Waals surface area contributed by atoms with Gasteiger partial charge in [-0.2, -0.15) is 0 Å². The number of oxime groups is 1. The molecule has 2 rings (SSSR count). The molecule has 0 heterocycles. The maximum atomic E-state index is 8.87. The van der Waals surface area contributed by atoms with Crippen LogP contribution in [0.15, 0.2) is 53.7 Å². The largest absolute Gasteiger partial charge is 0.497 e. The second kappa shape index (κ2) is 6.65. The van der Waals surface area contributed by atoms with Gasteiger partial charge in [-0.15, -0.1) is 0 Å². The number of nitrogens with two attached hydrogens (primary N) is 1. The number of amidine groups is 1. The topological polar surface area (TPSA) is 77.1 Å². The first-order chi connectivity index (χ1) is 10.2. The van der Waals surface area contributed by atoms with Crippen molar-refractivity contribution in [3.8, 4) is 11.5 Å². The smallest absolute Gasteiger partial charge is 0.173 e. The predicted molar refractivity (Wildman–Crippen MR) is 81.0 cm³/mol. The molecule has 0 saturated heterocycles. The molecule has 2 aromatic carbocycles. The van der Waals surface area contributed by atoms with Gasteiger partial charge in [-0.3, -0.25) is 0 Å². The van der Waals surface area contributed by atoms with Gasteiger partial charge in [0.15, 0.2) is 5.84 Å². The van der Waals surface area contributed by atoms with Crippen LogP contribution < -0.4 is 15.2 Å². The van der Waals surface area contributed by atoms with Crippen molar-refractivity contribution >= 4 is 5.84 Å². The Balaban J connectivity index is 2.33. The minimum absolute atomic E-state index is 0.00656. The van der Waals surface area contributed by atoms with Crippen LogP contribution in [0.2, 0.25) is 0 Å². The van der Waals surface area contributed by atoms with E-state index in [1.54, 1.807) is 25.3 Å². The van der Waals surface area contributed by atoms with Crippen LogP contribution in [0.5, 0.6) is 11.5 Å². The second-order valence-electron chi connectivity index (χ2n) is 4.52. The van der Waals surface area contributed by atoms with Gasteiger partial charge in [-0.1, -0.05) is 35.5 Å². The van der Waals surface area contributed by atoms with E-state index in [2.05, 4.69) is 5.16 Å². The lowest BCUT2D eigenvalue weighted by Crippen LogP contribution is -2.16. The highest BCUT2D eigenvalue weighted by molar-refractivity contribution is 5.99. The summed E-state index contributed by atoms with van der Waals surface area (Å²) in [5, 5.41) is 11.9. The highest BCUT2D eigenvalue weighted by atomic mass is 16.5. The van der Waals surface area contributed by atoms with Crippen LogP contribution in [-0.4, -0.2) is 18.2 Å². The lowest BCUT2D eigenvalue weighted by molar-refractivity contribution is 0.225. The van der Waals surface area contributed by atoms with E-state index in [0.717, 1.165) is 5.56 Å². The van der Waals surface area contributed by atoms with Gasteiger partial charge in [-0.05, 0) is 24.6 Å². The van der Waals surface area contributed by atoms with E-state index >= 15 is 0 Å². The third-order valence-electron chi connectivity index (χ3n) is 3.15. The summed E-state index contributed by atoms with van der Waals surface area (Å²) in [6.45, 7) is 1.94. The molecule has 0 radical (unpaired) electrons. The Bertz CT molecular complexity index is 627. The zero-order chi connectivity index (χ0) is 15.2. The number of benzene rings is 2. The lowest BCUT2D eigenvalue weighted by Gasteiger charge is -2.18. The molecule has 5 nitrogen and oxygen atoms in total. The van der Waals surface area contributed by atoms with Crippen molar-refractivity contribution in [3.63, 3.8) is 0 Å². The molecule has 0 aliphatic heterocycles. The van der Waals surface area contributed by atoms with E-state index in [1.807, 2.05) is 37.3 Å². The molecular formula is C16H18N2O3. The van der Waals surface area contributed by atoms with Crippen LogP contribution in [0.4, 0.5) is 0 Å². The minimum atomic E-state index is -0.177. The third-order valence-corrected chi connectivity index (χ3v) is 3.15. The summed E-state index contributed by atoms with van der Waals surface area (Å²) >= 11 is 0. The molecule has 1 atom stereocenters.